The van der Waals surface area contributed by atoms with E-state index in [4.69, 9.17) is 14.2 Å². The summed E-state index contributed by atoms with van der Waals surface area (Å²) in [7, 11) is 2.87. The van der Waals surface area contributed by atoms with Crippen LogP contribution in [0.5, 0.6) is 17.2 Å². The molecule has 0 spiro atoms. The van der Waals surface area contributed by atoms with Gasteiger partial charge in [-0.05, 0) is 55.3 Å². The van der Waals surface area contributed by atoms with Crippen LogP contribution in [0.25, 0.3) is 28.1 Å². The first kappa shape index (κ1) is 29.1. The van der Waals surface area contributed by atoms with Gasteiger partial charge < -0.3 is 19.5 Å². The lowest BCUT2D eigenvalue weighted by Gasteiger charge is -2.16. The number of ether oxygens (including phenoxy) is 3. The average Bonchev–Trinajstić information content (AvgIpc) is 2.88. The van der Waals surface area contributed by atoms with Gasteiger partial charge in [0.25, 0.3) is 0 Å². The van der Waals surface area contributed by atoms with Gasteiger partial charge in [0.2, 0.25) is 11.7 Å². The molecule has 202 valence electrons. The number of benzene rings is 3. The normalized spacial score (nSPS) is 10.7. The number of hydrogen-bond donors (Lipinski definition) is 1. The van der Waals surface area contributed by atoms with E-state index >= 15 is 0 Å². The Balaban J connectivity index is 0.00000420. The molecule has 4 rings (SSSR count). The lowest BCUT2D eigenvalue weighted by atomic mass is 9.96. The highest BCUT2D eigenvalue weighted by Crippen LogP contribution is 2.40. The summed E-state index contributed by atoms with van der Waals surface area (Å²) in [6.07, 6.45) is 4.43. The quantitative estimate of drug-likeness (QED) is 0.157. The van der Waals surface area contributed by atoms with Crippen LogP contribution in [0.15, 0.2) is 60.8 Å². The van der Waals surface area contributed by atoms with Crippen LogP contribution in [0.2, 0.25) is 0 Å². The third kappa shape index (κ3) is 6.35. The molecule has 0 fully saturated rings. The number of rotatable bonds is 7. The van der Waals surface area contributed by atoms with E-state index in [0.717, 1.165) is 22.0 Å². The van der Waals surface area contributed by atoms with Crippen molar-refractivity contribution in [2.24, 2.45) is 0 Å². The number of anilines is 1. The lowest BCUT2D eigenvalue weighted by Crippen LogP contribution is -2.10. The molecule has 0 unspecified atom stereocenters. The standard InChI is InChI=1S/C30H27FN2O5.ClH/c1-17-12-18(2)29-22(13-17)28(21-8-6-7-9-23(21)31)24(16-32-29)33-27(35)11-10-20-14-25(36-4)30(38-19(3)34)26(15-20)37-5;/h6-16H,1-5H3,(H,33,35);1H. The fraction of sp³-hybridized carbons (Fsp3) is 0.167. The molecule has 39 heavy (non-hydrogen) atoms. The molecular formula is C30H28ClFN2O5. The van der Waals surface area contributed by atoms with Crippen molar-refractivity contribution in [2.45, 2.75) is 20.8 Å². The lowest BCUT2D eigenvalue weighted by molar-refractivity contribution is -0.132. The van der Waals surface area contributed by atoms with Crippen molar-refractivity contribution < 1.29 is 28.2 Å². The van der Waals surface area contributed by atoms with Gasteiger partial charge in [-0.2, -0.15) is 0 Å². The molecule has 0 aliphatic heterocycles. The second-order valence-corrected chi connectivity index (χ2v) is 8.68. The van der Waals surface area contributed by atoms with E-state index in [1.807, 2.05) is 26.0 Å². The van der Waals surface area contributed by atoms with E-state index in [1.165, 1.54) is 39.5 Å². The minimum atomic E-state index is -0.524. The molecule has 0 radical (unpaired) electrons. The number of hydrogen-bond acceptors (Lipinski definition) is 6. The van der Waals surface area contributed by atoms with Crippen LogP contribution < -0.4 is 19.5 Å². The SMILES string of the molecule is COc1cc(C=CC(=O)Nc2cnc3c(C)cc(C)cc3c2-c2ccccc2F)cc(OC)c1OC(C)=O.Cl. The molecule has 1 aromatic heterocycles. The minimum absolute atomic E-state index is 0. The van der Waals surface area contributed by atoms with Gasteiger partial charge in [0.05, 0.1) is 31.6 Å². The highest BCUT2D eigenvalue weighted by atomic mass is 35.5. The number of nitrogens with zero attached hydrogens (tertiary/aromatic N) is 1. The average molecular weight is 551 g/mol. The summed E-state index contributed by atoms with van der Waals surface area (Å²) >= 11 is 0. The van der Waals surface area contributed by atoms with E-state index in [0.29, 0.717) is 22.4 Å². The first-order valence-corrected chi connectivity index (χ1v) is 11.8. The van der Waals surface area contributed by atoms with Crippen molar-refractivity contribution in [1.82, 2.24) is 4.98 Å². The van der Waals surface area contributed by atoms with Gasteiger partial charge in [-0.25, -0.2) is 4.39 Å². The Bertz CT molecular complexity index is 1560. The van der Waals surface area contributed by atoms with Crippen LogP contribution in [-0.4, -0.2) is 31.1 Å². The predicted octanol–water partition coefficient (Wildman–Crippen LogP) is 6.67. The van der Waals surface area contributed by atoms with Gasteiger partial charge in [-0.3, -0.25) is 14.6 Å². The molecular weight excluding hydrogens is 523 g/mol. The Labute approximate surface area is 232 Å². The van der Waals surface area contributed by atoms with Gasteiger partial charge >= 0.3 is 5.97 Å². The van der Waals surface area contributed by atoms with Crippen molar-refractivity contribution in [3.05, 3.63) is 83.3 Å². The number of carbonyl (C=O) groups is 2. The van der Waals surface area contributed by atoms with Gasteiger partial charge in [-0.1, -0.05) is 29.8 Å². The monoisotopic (exact) mass is 550 g/mol. The summed E-state index contributed by atoms with van der Waals surface area (Å²) in [5.74, 6) is -0.694. The largest absolute Gasteiger partial charge is 0.493 e. The van der Waals surface area contributed by atoms with E-state index in [1.54, 1.807) is 36.4 Å². The summed E-state index contributed by atoms with van der Waals surface area (Å²) in [6.45, 7) is 5.18. The Morgan fingerprint density at radius 1 is 1.00 bits per heavy atom. The number of fused-ring (bicyclic) bond motifs is 1. The fourth-order valence-electron chi connectivity index (χ4n) is 4.30. The van der Waals surface area contributed by atoms with E-state index in [9.17, 15) is 14.0 Å². The summed E-state index contributed by atoms with van der Waals surface area (Å²) in [5.41, 5.74) is 4.54. The first-order chi connectivity index (χ1) is 18.2. The van der Waals surface area contributed by atoms with E-state index in [2.05, 4.69) is 10.3 Å². The summed E-state index contributed by atoms with van der Waals surface area (Å²) < 4.78 is 30.8. The van der Waals surface area contributed by atoms with Crippen LogP contribution in [0, 0.1) is 19.7 Å². The fourth-order valence-corrected chi connectivity index (χ4v) is 4.30. The summed E-state index contributed by atoms with van der Waals surface area (Å²) in [4.78, 5) is 29.0. The maximum atomic E-state index is 14.9. The number of amides is 1. The number of carbonyl (C=O) groups excluding carboxylic acids is 2. The predicted molar refractivity (Wildman–Crippen MR) is 152 cm³/mol. The van der Waals surface area contributed by atoms with Gasteiger partial charge in [-0.15, -0.1) is 12.4 Å². The highest BCUT2D eigenvalue weighted by molar-refractivity contribution is 6.09. The topological polar surface area (TPSA) is 86.8 Å². The van der Waals surface area contributed by atoms with Crippen LogP contribution >= 0.6 is 12.4 Å². The molecule has 3 aromatic carbocycles. The molecule has 1 heterocycles. The van der Waals surface area contributed by atoms with Crippen molar-refractivity contribution in [3.8, 4) is 28.4 Å². The van der Waals surface area contributed by atoms with Crippen molar-refractivity contribution >= 4 is 46.9 Å². The Kier molecular flexibility index (Phi) is 9.27. The number of aryl methyl sites for hydroxylation is 2. The molecule has 0 atom stereocenters. The highest BCUT2D eigenvalue weighted by Gasteiger charge is 2.18. The second-order valence-electron chi connectivity index (χ2n) is 8.68. The molecule has 4 aromatic rings. The van der Waals surface area contributed by atoms with E-state index in [-0.39, 0.29) is 29.7 Å². The van der Waals surface area contributed by atoms with Crippen LogP contribution in [0.1, 0.15) is 23.6 Å². The molecule has 0 aliphatic rings. The molecule has 0 saturated carbocycles. The third-order valence-electron chi connectivity index (χ3n) is 5.86. The third-order valence-corrected chi connectivity index (χ3v) is 5.86. The van der Waals surface area contributed by atoms with Crippen LogP contribution in [0.3, 0.4) is 0 Å². The maximum absolute atomic E-state index is 14.9. The molecule has 0 aliphatic carbocycles. The summed E-state index contributed by atoms with van der Waals surface area (Å²) in [6, 6.07) is 13.6. The zero-order valence-electron chi connectivity index (χ0n) is 22.1. The van der Waals surface area contributed by atoms with E-state index < -0.39 is 17.7 Å². The maximum Gasteiger partial charge on any atom is 0.308 e. The molecule has 9 heteroatoms. The Morgan fingerprint density at radius 3 is 2.28 bits per heavy atom. The van der Waals surface area contributed by atoms with Gasteiger partial charge in [0.1, 0.15) is 5.82 Å². The van der Waals surface area contributed by atoms with Gasteiger partial charge in [0.15, 0.2) is 11.5 Å². The van der Waals surface area contributed by atoms with Crippen molar-refractivity contribution in [1.29, 1.82) is 0 Å². The van der Waals surface area contributed by atoms with Crippen molar-refractivity contribution in [2.75, 3.05) is 19.5 Å². The zero-order valence-corrected chi connectivity index (χ0v) is 22.9. The first-order valence-electron chi connectivity index (χ1n) is 11.8. The number of pyridine rings is 1. The summed E-state index contributed by atoms with van der Waals surface area (Å²) in [5, 5.41) is 3.59. The number of aromatic nitrogens is 1. The number of halogens is 2. The Morgan fingerprint density at radius 2 is 1.67 bits per heavy atom. The second kappa shape index (κ2) is 12.4. The minimum Gasteiger partial charge on any atom is -0.493 e. The van der Waals surface area contributed by atoms with Crippen LogP contribution in [-0.2, 0) is 9.59 Å². The molecule has 1 N–H and O–H groups in total. The Hall–Kier alpha value is -4.43. The number of esters is 1. The number of methoxy groups -OCH3 is 2. The van der Waals surface area contributed by atoms with Crippen LogP contribution in [0.4, 0.5) is 10.1 Å². The zero-order chi connectivity index (χ0) is 27.4. The molecule has 7 nitrogen and oxygen atoms in total. The van der Waals surface area contributed by atoms with Crippen molar-refractivity contribution in [3.63, 3.8) is 0 Å². The number of nitrogens with one attached hydrogen (secondary N) is 1. The molecule has 0 saturated heterocycles. The smallest absolute Gasteiger partial charge is 0.308 e. The van der Waals surface area contributed by atoms with Gasteiger partial charge in [0, 0.05) is 29.5 Å². The molecule has 1 amide bonds. The molecule has 0 bridgehead atoms.